The van der Waals surface area contributed by atoms with E-state index in [1.807, 2.05) is 0 Å². The molecule has 2 aromatic carbocycles. The van der Waals surface area contributed by atoms with E-state index >= 15 is 0 Å². The number of benzene rings is 2. The van der Waals surface area contributed by atoms with Gasteiger partial charge in [-0.3, -0.25) is 14.5 Å². The van der Waals surface area contributed by atoms with Crippen molar-refractivity contribution in [3.05, 3.63) is 70.6 Å². The van der Waals surface area contributed by atoms with Crippen LogP contribution in [-0.4, -0.2) is 38.7 Å². The number of thioether (sulfide) groups is 1. The Labute approximate surface area is 164 Å². The van der Waals surface area contributed by atoms with Gasteiger partial charge >= 0.3 is 11.9 Å². The molecule has 27 heavy (non-hydrogen) atoms. The maximum atomic E-state index is 12.3. The Morgan fingerprint density at radius 1 is 1.15 bits per heavy atom. The molecule has 0 bridgehead atoms. The molecule has 1 N–H and O–H groups in total. The molecule has 136 valence electrons. The van der Waals surface area contributed by atoms with E-state index in [1.165, 1.54) is 0 Å². The zero-order valence-corrected chi connectivity index (χ0v) is 15.5. The third kappa shape index (κ3) is 4.60. The molecule has 0 atom stereocenters. The predicted octanol–water partition coefficient (Wildman–Crippen LogP) is 3.19. The molecule has 1 amide bonds. The van der Waals surface area contributed by atoms with Gasteiger partial charge in [0.15, 0.2) is 0 Å². The van der Waals surface area contributed by atoms with E-state index in [9.17, 15) is 14.4 Å². The molecule has 1 heterocycles. The zero-order chi connectivity index (χ0) is 19.4. The Morgan fingerprint density at radius 2 is 1.89 bits per heavy atom. The Balaban J connectivity index is 1.77. The third-order valence-corrected chi connectivity index (χ3v) is 4.92. The van der Waals surface area contributed by atoms with Gasteiger partial charge in [0.25, 0.3) is 5.91 Å². The van der Waals surface area contributed by atoms with Crippen LogP contribution in [0, 0.1) is 0 Å². The lowest BCUT2D eigenvalue weighted by atomic mass is 10.2. The van der Waals surface area contributed by atoms with E-state index in [2.05, 4.69) is 0 Å². The van der Waals surface area contributed by atoms with Crippen LogP contribution in [0.2, 0.25) is 0 Å². The molecule has 6 nitrogen and oxygen atoms in total. The highest BCUT2D eigenvalue weighted by Gasteiger charge is 2.33. The summed E-state index contributed by atoms with van der Waals surface area (Å²) in [5.74, 6) is -1.75. The molecular formula is C19H13NO5S2. The van der Waals surface area contributed by atoms with Crippen molar-refractivity contribution in [2.24, 2.45) is 0 Å². The summed E-state index contributed by atoms with van der Waals surface area (Å²) in [6.45, 7) is -0.475. The lowest BCUT2D eigenvalue weighted by Gasteiger charge is -2.10. The van der Waals surface area contributed by atoms with Gasteiger partial charge in [0.1, 0.15) is 16.6 Å². The smallest absolute Gasteiger partial charge is 0.343 e. The number of nitrogens with zero attached hydrogens (tertiary/aromatic N) is 1. The largest absolute Gasteiger partial charge is 0.480 e. The quantitative estimate of drug-likeness (QED) is 0.358. The number of rotatable bonds is 5. The van der Waals surface area contributed by atoms with E-state index in [0.717, 1.165) is 16.7 Å². The second kappa shape index (κ2) is 8.15. The number of carboxylic acids is 1. The standard InChI is InChI=1S/C19H13NO5S2/c21-16(22)11-20-17(23)15(27-19(20)26)10-12-5-4-8-14(9-12)25-18(24)13-6-2-1-3-7-13/h1-10H,11H2,(H,21,22)/b15-10+. The summed E-state index contributed by atoms with van der Waals surface area (Å²) in [4.78, 5) is 36.6. The van der Waals surface area contributed by atoms with Crippen molar-refractivity contribution in [2.75, 3.05) is 6.54 Å². The molecule has 0 aromatic heterocycles. The van der Waals surface area contributed by atoms with Crippen LogP contribution < -0.4 is 4.74 Å². The molecule has 1 aliphatic rings. The number of hydrogen-bond acceptors (Lipinski definition) is 6. The molecule has 0 saturated carbocycles. The molecule has 0 unspecified atom stereocenters. The molecule has 0 spiro atoms. The van der Waals surface area contributed by atoms with Crippen LogP contribution in [0.15, 0.2) is 59.5 Å². The number of esters is 1. The Bertz CT molecular complexity index is 956. The molecule has 1 saturated heterocycles. The van der Waals surface area contributed by atoms with Gasteiger partial charge in [-0.15, -0.1) is 0 Å². The number of carbonyl (C=O) groups is 3. The fourth-order valence-electron chi connectivity index (χ4n) is 2.33. The van der Waals surface area contributed by atoms with Gasteiger partial charge in [-0.05, 0) is 35.9 Å². The summed E-state index contributed by atoms with van der Waals surface area (Å²) in [6, 6.07) is 15.3. The maximum Gasteiger partial charge on any atom is 0.343 e. The number of thiocarbonyl (C=S) groups is 1. The normalized spacial score (nSPS) is 15.3. The number of aliphatic carboxylic acids is 1. The van der Waals surface area contributed by atoms with Crippen LogP contribution in [0.4, 0.5) is 0 Å². The minimum absolute atomic E-state index is 0.195. The van der Waals surface area contributed by atoms with E-state index < -0.39 is 24.4 Å². The first-order chi connectivity index (χ1) is 12.9. The number of carboxylic acid groups (broad SMARTS) is 1. The first-order valence-electron chi connectivity index (χ1n) is 7.78. The van der Waals surface area contributed by atoms with Crippen molar-refractivity contribution < 1.29 is 24.2 Å². The van der Waals surface area contributed by atoms with Crippen molar-refractivity contribution in [1.29, 1.82) is 0 Å². The summed E-state index contributed by atoms with van der Waals surface area (Å²) >= 11 is 6.09. The molecular weight excluding hydrogens is 386 g/mol. The van der Waals surface area contributed by atoms with Gasteiger partial charge < -0.3 is 9.84 Å². The number of ether oxygens (including phenoxy) is 1. The summed E-state index contributed by atoms with van der Waals surface area (Å²) in [7, 11) is 0. The van der Waals surface area contributed by atoms with Crippen molar-refractivity contribution in [1.82, 2.24) is 4.90 Å². The molecule has 8 heteroatoms. The van der Waals surface area contributed by atoms with Crippen molar-refractivity contribution in [2.45, 2.75) is 0 Å². The highest BCUT2D eigenvalue weighted by atomic mass is 32.2. The Hall–Kier alpha value is -2.97. The Morgan fingerprint density at radius 3 is 2.59 bits per heavy atom. The minimum Gasteiger partial charge on any atom is -0.480 e. The Kier molecular flexibility index (Phi) is 5.68. The molecule has 0 aliphatic carbocycles. The van der Waals surface area contributed by atoms with Gasteiger partial charge in [0.2, 0.25) is 0 Å². The highest BCUT2D eigenvalue weighted by molar-refractivity contribution is 8.26. The predicted molar refractivity (Wildman–Crippen MR) is 105 cm³/mol. The fraction of sp³-hybridized carbons (Fsp3) is 0.0526. The molecule has 1 fully saturated rings. The fourth-order valence-corrected chi connectivity index (χ4v) is 3.59. The van der Waals surface area contributed by atoms with Gasteiger partial charge in [-0.1, -0.05) is 54.3 Å². The molecule has 2 aromatic rings. The van der Waals surface area contributed by atoms with Crippen molar-refractivity contribution in [3.63, 3.8) is 0 Å². The van der Waals surface area contributed by atoms with Crippen LogP contribution in [0.1, 0.15) is 15.9 Å². The zero-order valence-electron chi connectivity index (χ0n) is 13.8. The first-order valence-corrected chi connectivity index (χ1v) is 9.01. The lowest BCUT2D eigenvalue weighted by molar-refractivity contribution is -0.140. The number of amides is 1. The number of hydrogen-bond donors (Lipinski definition) is 1. The summed E-state index contributed by atoms with van der Waals surface area (Å²) in [5.41, 5.74) is 1.06. The lowest BCUT2D eigenvalue weighted by Crippen LogP contribution is -2.33. The van der Waals surface area contributed by atoms with Crippen LogP contribution in [0.5, 0.6) is 5.75 Å². The van der Waals surface area contributed by atoms with Gasteiger partial charge in [0.05, 0.1) is 10.5 Å². The topological polar surface area (TPSA) is 83.9 Å². The van der Waals surface area contributed by atoms with E-state index in [-0.39, 0.29) is 4.32 Å². The third-order valence-electron chi connectivity index (χ3n) is 3.54. The molecule has 0 radical (unpaired) electrons. The monoisotopic (exact) mass is 399 g/mol. The van der Waals surface area contributed by atoms with Gasteiger partial charge in [-0.2, -0.15) is 0 Å². The molecule has 1 aliphatic heterocycles. The SMILES string of the molecule is O=C(O)CN1C(=O)/C(=C\c2cccc(OC(=O)c3ccccc3)c2)SC1=S. The summed E-state index contributed by atoms with van der Waals surface area (Å²) in [5, 5.41) is 8.87. The first kappa shape index (κ1) is 18.8. The van der Waals surface area contributed by atoms with E-state index in [4.69, 9.17) is 22.1 Å². The second-order valence-corrected chi connectivity index (χ2v) is 7.17. The van der Waals surface area contributed by atoms with E-state index in [1.54, 1.807) is 60.7 Å². The second-order valence-electron chi connectivity index (χ2n) is 5.49. The number of carbonyl (C=O) groups excluding carboxylic acids is 2. The molecule has 3 rings (SSSR count). The minimum atomic E-state index is -1.14. The van der Waals surface area contributed by atoms with Crippen molar-refractivity contribution in [3.8, 4) is 5.75 Å². The van der Waals surface area contributed by atoms with Crippen LogP contribution >= 0.6 is 24.0 Å². The average molecular weight is 399 g/mol. The highest BCUT2D eigenvalue weighted by Crippen LogP contribution is 2.32. The van der Waals surface area contributed by atoms with Crippen LogP contribution in [0.3, 0.4) is 0 Å². The van der Waals surface area contributed by atoms with E-state index in [0.29, 0.717) is 21.8 Å². The summed E-state index contributed by atoms with van der Waals surface area (Å²) in [6.07, 6.45) is 1.58. The van der Waals surface area contributed by atoms with Crippen LogP contribution in [-0.2, 0) is 9.59 Å². The van der Waals surface area contributed by atoms with Gasteiger partial charge in [0, 0.05) is 0 Å². The van der Waals surface area contributed by atoms with Crippen molar-refractivity contribution >= 4 is 52.2 Å². The average Bonchev–Trinajstić information content (AvgIpc) is 2.90. The maximum absolute atomic E-state index is 12.3. The van der Waals surface area contributed by atoms with Gasteiger partial charge in [-0.25, -0.2) is 4.79 Å². The van der Waals surface area contributed by atoms with Crippen LogP contribution in [0.25, 0.3) is 6.08 Å². The summed E-state index contributed by atoms with van der Waals surface area (Å²) < 4.78 is 5.55.